The molecule has 1 aliphatic heterocycles. The van der Waals surface area contributed by atoms with Crippen LogP contribution in [0.4, 0.5) is 0 Å². The molecule has 7 heteroatoms. The highest BCUT2D eigenvalue weighted by Crippen LogP contribution is 2.47. The van der Waals surface area contributed by atoms with E-state index in [9.17, 15) is 13.2 Å². The van der Waals surface area contributed by atoms with Gasteiger partial charge in [-0.15, -0.1) is 0 Å². The fourth-order valence-corrected chi connectivity index (χ4v) is 7.31. The van der Waals surface area contributed by atoms with Gasteiger partial charge in [-0.2, -0.15) is 4.31 Å². The summed E-state index contributed by atoms with van der Waals surface area (Å²) in [4.78, 5) is 11.0. The van der Waals surface area contributed by atoms with Crippen molar-refractivity contribution in [3.8, 4) is 16.9 Å². The van der Waals surface area contributed by atoms with Crippen LogP contribution in [0.25, 0.3) is 11.1 Å². The highest BCUT2D eigenvalue weighted by molar-refractivity contribution is 7.89. The molecule has 1 saturated carbocycles. The minimum atomic E-state index is -3.76. The van der Waals surface area contributed by atoms with Crippen molar-refractivity contribution in [2.75, 3.05) is 13.2 Å². The lowest BCUT2D eigenvalue weighted by Crippen LogP contribution is -2.46. The molecule has 6 nitrogen and oxygen atoms in total. The molecule has 3 aromatic carbocycles. The van der Waals surface area contributed by atoms with Gasteiger partial charge in [0.15, 0.2) is 6.61 Å². The molecule has 188 valence electrons. The standard InChI is InChI=1S/C29H31NO5S/c1-20-5-7-22(8-6-20)23-9-11-26-24(16-23)17-30(19-29(26)13-3-4-14-29)36(33,34)25-10-12-27(21(2)15-25)35-18-28(31)32/h5-12,15-16H,3-4,13-14,17-19H2,1-2H3,(H,31,32). The molecule has 0 saturated heterocycles. The van der Waals surface area contributed by atoms with Gasteiger partial charge in [0, 0.05) is 18.5 Å². The predicted octanol–water partition coefficient (Wildman–Crippen LogP) is 5.45. The smallest absolute Gasteiger partial charge is 0.341 e. The summed E-state index contributed by atoms with van der Waals surface area (Å²) in [6, 6.07) is 19.6. The van der Waals surface area contributed by atoms with Gasteiger partial charge in [0.05, 0.1) is 4.90 Å². The van der Waals surface area contributed by atoms with Crippen molar-refractivity contribution in [3.05, 3.63) is 82.9 Å². The summed E-state index contributed by atoms with van der Waals surface area (Å²) in [5, 5.41) is 8.88. The molecule has 36 heavy (non-hydrogen) atoms. The molecule has 0 unspecified atom stereocenters. The zero-order valence-electron chi connectivity index (χ0n) is 20.7. The van der Waals surface area contributed by atoms with E-state index in [1.165, 1.54) is 17.2 Å². The average Bonchev–Trinajstić information content (AvgIpc) is 3.32. The molecule has 1 fully saturated rings. The van der Waals surface area contributed by atoms with Crippen LogP contribution < -0.4 is 4.74 Å². The Balaban J connectivity index is 1.50. The summed E-state index contributed by atoms with van der Waals surface area (Å²) in [6.07, 6.45) is 4.16. The van der Waals surface area contributed by atoms with Crippen LogP contribution in [0.15, 0.2) is 65.6 Å². The molecule has 1 N–H and O–H groups in total. The number of nitrogens with zero attached hydrogens (tertiary/aromatic N) is 1. The number of fused-ring (bicyclic) bond motifs is 2. The molecule has 0 atom stereocenters. The molecule has 5 rings (SSSR count). The van der Waals surface area contributed by atoms with Crippen LogP contribution in [0.5, 0.6) is 5.75 Å². The van der Waals surface area contributed by atoms with Gasteiger partial charge in [0.2, 0.25) is 10.0 Å². The average molecular weight is 506 g/mol. The van der Waals surface area contributed by atoms with E-state index in [0.717, 1.165) is 42.4 Å². The van der Waals surface area contributed by atoms with E-state index < -0.39 is 22.6 Å². The van der Waals surface area contributed by atoms with Crippen molar-refractivity contribution in [3.63, 3.8) is 0 Å². The van der Waals surface area contributed by atoms with Crippen molar-refractivity contribution in [2.45, 2.75) is 56.4 Å². The number of hydrogen-bond acceptors (Lipinski definition) is 4. The van der Waals surface area contributed by atoms with Crippen LogP contribution >= 0.6 is 0 Å². The zero-order chi connectivity index (χ0) is 25.5. The van der Waals surface area contributed by atoms with Gasteiger partial charge in [-0.05, 0) is 78.8 Å². The third-order valence-corrected chi connectivity index (χ3v) is 9.37. The summed E-state index contributed by atoms with van der Waals surface area (Å²) in [5.41, 5.74) is 6.21. The van der Waals surface area contributed by atoms with Crippen LogP contribution in [0.1, 0.15) is 47.9 Å². The second-order valence-corrected chi connectivity index (χ2v) is 12.0. The molecular weight excluding hydrogens is 474 g/mol. The number of carboxylic acids is 1. The van der Waals surface area contributed by atoms with Gasteiger partial charge >= 0.3 is 5.97 Å². The van der Waals surface area contributed by atoms with Crippen molar-refractivity contribution >= 4 is 16.0 Å². The van der Waals surface area contributed by atoms with Gasteiger partial charge in [-0.1, -0.05) is 54.8 Å². The number of rotatable bonds is 6. The molecule has 1 heterocycles. The highest BCUT2D eigenvalue weighted by atomic mass is 32.2. The van der Waals surface area contributed by atoms with Gasteiger partial charge < -0.3 is 9.84 Å². The number of ether oxygens (including phenoxy) is 1. The van der Waals surface area contributed by atoms with Crippen molar-refractivity contribution in [2.24, 2.45) is 0 Å². The van der Waals surface area contributed by atoms with E-state index in [1.54, 1.807) is 23.4 Å². The molecule has 1 spiro atoms. The van der Waals surface area contributed by atoms with Crippen molar-refractivity contribution in [1.29, 1.82) is 0 Å². The maximum absolute atomic E-state index is 13.9. The van der Waals surface area contributed by atoms with Crippen molar-refractivity contribution < 1.29 is 23.1 Å². The number of hydrogen-bond donors (Lipinski definition) is 1. The van der Waals surface area contributed by atoms with E-state index in [4.69, 9.17) is 9.84 Å². The van der Waals surface area contributed by atoms with Gasteiger partial charge in [0.25, 0.3) is 0 Å². The molecule has 0 amide bonds. The van der Waals surface area contributed by atoms with E-state index in [0.29, 0.717) is 24.4 Å². The maximum atomic E-state index is 13.9. The lowest BCUT2D eigenvalue weighted by Gasteiger charge is -2.41. The van der Waals surface area contributed by atoms with E-state index in [-0.39, 0.29) is 10.3 Å². The Morgan fingerprint density at radius 3 is 2.33 bits per heavy atom. The zero-order valence-corrected chi connectivity index (χ0v) is 21.5. The minimum Gasteiger partial charge on any atom is -0.482 e. The Morgan fingerprint density at radius 2 is 1.67 bits per heavy atom. The Bertz CT molecular complexity index is 1410. The number of benzene rings is 3. The van der Waals surface area contributed by atoms with Gasteiger partial charge in [-0.3, -0.25) is 0 Å². The first-order chi connectivity index (χ1) is 17.2. The molecule has 0 bridgehead atoms. The molecular formula is C29H31NO5S. The summed E-state index contributed by atoms with van der Waals surface area (Å²) < 4.78 is 34.6. The highest BCUT2D eigenvalue weighted by Gasteiger charge is 2.45. The molecule has 0 aromatic heterocycles. The van der Waals surface area contributed by atoms with E-state index >= 15 is 0 Å². The van der Waals surface area contributed by atoms with Crippen LogP contribution in [0.3, 0.4) is 0 Å². The fourth-order valence-electron chi connectivity index (χ4n) is 5.72. The Kier molecular flexibility index (Phi) is 6.39. The fraction of sp³-hybridized carbons (Fsp3) is 0.345. The SMILES string of the molecule is Cc1ccc(-c2ccc3c(c2)CN(S(=O)(=O)c2ccc(OCC(=O)O)c(C)c2)CC32CCCC2)cc1. The summed E-state index contributed by atoms with van der Waals surface area (Å²) in [5.74, 6) is -0.708. The summed E-state index contributed by atoms with van der Waals surface area (Å²) in [7, 11) is -3.76. The third-order valence-electron chi connectivity index (χ3n) is 7.58. The van der Waals surface area contributed by atoms with Gasteiger partial charge in [-0.25, -0.2) is 13.2 Å². The summed E-state index contributed by atoms with van der Waals surface area (Å²) in [6.45, 7) is 4.13. The monoisotopic (exact) mass is 505 g/mol. The number of sulfonamides is 1. The van der Waals surface area contributed by atoms with Crippen LogP contribution in [0.2, 0.25) is 0 Å². The Morgan fingerprint density at radius 1 is 0.972 bits per heavy atom. The summed E-state index contributed by atoms with van der Waals surface area (Å²) >= 11 is 0. The topological polar surface area (TPSA) is 83.9 Å². The van der Waals surface area contributed by atoms with Crippen molar-refractivity contribution in [1.82, 2.24) is 4.31 Å². The first-order valence-electron chi connectivity index (χ1n) is 12.3. The number of aliphatic carboxylic acids is 1. The number of aryl methyl sites for hydroxylation is 2. The molecule has 1 aliphatic carbocycles. The molecule has 2 aliphatic rings. The lowest BCUT2D eigenvalue weighted by molar-refractivity contribution is -0.139. The van der Waals surface area contributed by atoms with E-state index in [1.807, 2.05) is 0 Å². The largest absolute Gasteiger partial charge is 0.482 e. The lowest BCUT2D eigenvalue weighted by atomic mass is 9.74. The van der Waals surface area contributed by atoms with Crippen LogP contribution in [-0.2, 0) is 26.8 Å². The normalized spacial score (nSPS) is 17.2. The number of carboxylic acid groups (broad SMARTS) is 1. The minimum absolute atomic E-state index is 0.161. The number of carbonyl (C=O) groups is 1. The third kappa shape index (κ3) is 4.53. The first-order valence-corrected chi connectivity index (χ1v) is 13.8. The van der Waals surface area contributed by atoms with E-state index in [2.05, 4.69) is 49.4 Å². The second-order valence-electron chi connectivity index (χ2n) is 10.1. The van der Waals surface area contributed by atoms with Crippen LogP contribution in [-0.4, -0.2) is 37.0 Å². The predicted molar refractivity (Wildman–Crippen MR) is 139 cm³/mol. The Hall–Kier alpha value is -3.16. The Labute approximate surface area is 212 Å². The van der Waals surface area contributed by atoms with Crippen LogP contribution in [0, 0.1) is 13.8 Å². The quantitative estimate of drug-likeness (QED) is 0.482. The maximum Gasteiger partial charge on any atom is 0.341 e. The molecule has 0 radical (unpaired) electrons. The molecule has 3 aromatic rings. The first kappa shape index (κ1) is 24.5. The van der Waals surface area contributed by atoms with Gasteiger partial charge in [0.1, 0.15) is 5.75 Å². The second kappa shape index (κ2) is 9.37.